The lowest BCUT2D eigenvalue weighted by atomic mass is 9.92. The highest BCUT2D eigenvalue weighted by molar-refractivity contribution is 5.76. The van der Waals surface area contributed by atoms with E-state index in [1.165, 1.54) is 14.0 Å². The number of esters is 2. The van der Waals surface area contributed by atoms with Crippen molar-refractivity contribution in [1.82, 2.24) is 0 Å². The van der Waals surface area contributed by atoms with Gasteiger partial charge in [-0.05, 0) is 5.53 Å². The third-order valence-corrected chi connectivity index (χ3v) is 4.34. The maximum Gasteiger partial charge on any atom is 0.338 e. The zero-order valence-corrected chi connectivity index (χ0v) is 14.8. The van der Waals surface area contributed by atoms with Gasteiger partial charge in [0.25, 0.3) is 0 Å². The van der Waals surface area contributed by atoms with Crippen LogP contribution in [0.2, 0.25) is 0 Å². The van der Waals surface area contributed by atoms with Crippen molar-refractivity contribution in [3.05, 3.63) is 46.3 Å². The number of fused-ring (bicyclic) bond motifs is 1. The molecule has 2 aliphatic rings. The van der Waals surface area contributed by atoms with Gasteiger partial charge in [0.1, 0.15) is 24.4 Å². The molecule has 0 spiro atoms. The fraction of sp³-hybridized carbons (Fsp3) is 0.529. The van der Waals surface area contributed by atoms with Crippen LogP contribution in [0.25, 0.3) is 10.4 Å². The van der Waals surface area contributed by atoms with Crippen LogP contribution in [0.5, 0.6) is 0 Å². The highest BCUT2D eigenvalue weighted by Gasteiger charge is 2.53. The van der Waals surface area contributed by atoms with E-state index in [9.17, 15) is 9.59 Å². The van der Waals surface area contributed by atoms with Crippen LogP contribution in [0.4, 0.5) is 0 Å². The average Bonchev–Trinajstić information content (AvgIpc) is 2.69. The number of hydrogen-bond acceptors (Lipinski definition) is 8. The molecule has 2 aliphatic heterocycles. The van der Waals surface area contributed by atoms with E-state index in [4.69, 9.17) is 29.2 Å². The van der Waals surface area contributed by atoms with E-state index in [1.54, 1.807) is 0 Å². The van der Waals surface area contributed by atoms with Crippen molar-refractivity contribution in [2.45, 2.75) is 43.7 Å². The van der Waals surface area contributed by atoms with Crippen molar-refractivity contribution >= 4 is 11.9 Å². The molecule has 1 aromatic rings. The molecular weight excluding hydrogens is 358 g/mol. The Balaban J connectivity index is 1.90. The molecule has 144 valence electrons. The minimum absolute atomic E-state index is 0.0992. The maximum atomic E-state index is 12.1. The van der Waals surface area contributed by atoms with Crippen LogP contribution in [-0.4, -0.2) is 56.1 Å². The fourth-order valence-electron chi connectivity index (χ4n) is 3.20. The van der Waals surface area contributed by atoms with E-state index in [0.29, 0.717) is 0 Å². The number of rotatable bonds is 4. The topological polar surface area (TPSA) is 129 Å². The zero-order valence-electron chi connectivity index (χ0n) is 14.8. The van der Waals surface area contributed by atoms with Crippen molar-refractivity contribution < 1.29 is 33.3 Å². The number of ether oxygens (including phenoxy) is 5. The summed E-state index contributed by atoms with van der Waals surface area (Å²) in [5.41, 5.74) is 9.77. The Hall–Kier alpha value is -2.65. The first-order valence-electron chi connectivity index (χ1n) is 8.32. The molecule has 0 aliphatic carbocycles. The highest BCUT2D eigenvalue weighted by Crippen LogP contribution is 2.36. The van der Waals surface area contributed by atoms with Gasteiger partial charge >= 0.3 is 11.9 Å². The van der Waals surface area contributed by atoms with Crippen LogP contribution in [0.15, 0.2) is 35.4 Å². The van der Waals surface area contributed by atoms with Gasteiger partial charge < -0.3 is 23.7 Å². The lowest BCUT2D eigenvalue weighted by molar-refractivity contribution is -0.306. The van der Waals surface area contributed by atoms with Crippen LogP contribution in [0.3, 0.4) is 0 Å². The van der Waals surface area contributed by atoms with E-state index in [0.717, 1.165) is 5.56 Å². The highest BCUT2D eigenvalue weighted by atomic mass is 16.7. The molecule has 0 N–H and O–H groups in total. The van der Waals surface area contributed by atoms with Crippen LogP contribution < -0.4 is 0 Å². The van der Waals surface area contributed by atoms with Gasteiger partial charge in [-0.15, -0.1) is 0 Å². The molecule has 10 heteroatoms. The lowest BCUT2D eigenvalue weighted by Crippen LogP contribution is -2.63. The summed E-state index contributed by atoms with van der Waals surface area (Å²) >= 11 is 0. The fourth-order valence-corrected chi connectivity index (χ4v) is 3.20. The Bertz CT molecular complexity index is 737. The second kappa shape index (κ2) is 8.36. The van der Waals surface area contributed by atoms with Gasteiger partial charge in [-0.2, -0.15) is 0 Å². The molecule has 0 radical (unpaired) electrons. The van der Waals surface area contributed by atoms with Gasteiger partial charge in [0, 0.05) is 17.4 Å². The molecule has 2 fully saturated rings. The second-order valence-corrected chi connectivity index (χ2v) is 6.06. The predicted molar refractivity (Wildman–Crippen MR) is 89.2 cm³/mol. The van der Waals surface area contributed by atoms with Gasteiger partial charge in [-0.25, -0.2) is 4.79 Å². The molecule has 6 atom stereocenters. The number of azide groups is 1. The Labute approximate surface area is 154 Å². The van der Waals surface area contributed by atoms with Crippen LogP contribution in [0, 0.1) is 0 Å². The molecule has 1 aromatic carbocycles. The van der Waals surface area contributed by atoms with E-state index in [2.05, 4.69) is 10.0 Å². The molecule has 3 rings (SSSR count). The maximum absolute atomic E-state index is 12.1. The lowest BCUT2D eigenvalue weighted by Gasteiger charge is -2.46. The van der Waals surface area contributed by atoms with Gasteiger partial charge in [-0.3, -0.25) is 4.79 Å². The number of methoxy groups -OCH3 is 1. The van der Waals surface area contributed by atoms with E-state index < -0.39 is 48.7 Å². The monoisotopic (exact) mass is 377 g/mol. The Kier molecular flexibility index (Phi) is 5.92. The van der Waals surface area contributed by atoms with Crippen molar-refractivity contribution in [3.8, 4) is 0 Å². The molecule has 27 heavy (non-hydrogen) atoms. The summed E-state index contributed by atoms with van der Waals surface area (Å²) in [7, 11) is 1.19. The van der Waals surface area contributed by atoms with Gasteiger partial charge in [0.2, 0.25) is 0 Å². The molecule has 0 saturated carbocycles. The van der Waals surface area contributed by atoms with Crippen LogP contribution in [-0.2, 0) is 33.3 Å². The second-order valence-electron chi connectivity index (χ2n) is 6.06. The van der Waals surface area contributed by atoms with Crippen molar-refractivity contribution in [2.24, 2.45) is 5.11 Å². The van der Waals surface area contributed by atoms with Crippen LogP contribution >= 0.6 is 0 Å². The first-order chi connectivity index (χ1) is 13.0. The predicted octanol–water partition coefficient (Wildman–Crippen LogP) is 1.65. The number of nitrogens with zero attached hydrogens (tertiary/aromatic N) is 3. The summed E-state index contributed by atoms with van der Waals surface area (Å²) in [5.74, 6) is -1.40. The number of benzene rings is 1. The normalized spacial score (nSPS) is 32.5. The molecule has 2 heterocycles. The Morgan fingerprint density at radius 3 is 2.63 bits per heavy atom. The summed E-state index contributed by atoms with van der Waals surface area (Å²) in [6.45, 7) is 1.28. The first-order valence-corrected chi connectivity index (χ1v) is 8.32. The third-order valence-electron chi connectivity index (χ3n) is 4.34. The summed E-state index contributed by atoms with van der Waals surface area (Å²) in [4.78, 5) is 26.5. The SMILES string of the molecule is COC(=O)[C@@H]1O[C@@H]2CO[C@H](c3ccccc3)O[C@@H]2[C@H](N=[N+]=[N-])[C@H]1OC(C)=O. The molecule has 10 nitrogen and oxygen atoms in total. The van der Waals surface area contributed by atoms with Gasteiger partial charge in [0.15, 0.2) is 12.4 Å². The number of carbonyl (C=O) groups excluding carboxylic acids is 2. The quantitative estimate of drug-likeness (QED) is 0.337. The average molecular weight is 377 g/mol. The molecule has 0 aromatic heterocycles. The van der Waals surface area contributed by atoms with Gasteiger partial charge in [-0.1, -0.05) is 35.4 Å². The van der Waals surface area contributed by atoms with Crippen molar-refractivity contribution in [2.75, 3.05) is 13.7 Å². The van der Waals surface area contributed by atoms with Crippen molar-refractivity contribution in [3.63, 3.8) is 0 Å². The Morgan fingerprint density at radius 2 is 2.00 bits per heavy atom. The summed E-state index contributed by atoms with van der Waals surface area (Å²) in [6.07, 6.45) is -4.61. The number of hydrogen-bond donors (Lipinski definition) is 0. The van der Waals surface area contributed by atoms with Crippen LogP contribution in [0.1, 0.15) is 18.8 Å². The van der Waals surface area contributed by atoms with E-state index in [-0.39, 0.29) is 6.61 Å². The minimum atomic E-state index is -1.25. The van der Waals surface area contributed by atoms with E-state index >= 15 is 0 Å². The third kappa shape index (κ3) is 4.04. The molecular formula is C17H19N3O7. The number of carbonyl (C=O) groups is 2. The molecule has 0 amide bonds. The smallest absolute Gasteiger partial charge is 0.338 e. The summed E-state index contributed by atoms with van der Waals surface area (Å²) in [6, 6.07) is 8.21. The molecule has 2 saturated heterocycles. The summed E-state index contributed by atoms with van der Waals surface area (Å²) in [5, 5.41) is 3.73. The van der Waals surface area contributed by atoms with Gasteiger partial charge in [0.05, 0.1) is 13.7 Å². The standard InChI is InChI=1S/C17H19N3O7/c1-9(21)25-14-12(19-20-18)13-11(26-15(14)16(22)23-2)8-24-17(27-13)10-6-4-3-5-7-10/h3-7,11-15,17H,8H2,1-2H3/t11-,12+,13+,14-,15-,17+/m1/s1. The Morgan fingerprint density at radius 1 is 1.26 bits per heavy atom. The first kappa shape index (κ1) is 19.1. The largest absolute Gasteiger partial charge is 0.467 e. The zero-order chi connectivity index (χ0) is 19.4. The van der Waals surface area contributed by atoms with E-state index in [1.807, 2.05) is 30.3 Å². The molecule has 0 bridgehead atoms. The minimum Gasteiger partial charge on any atom is -0.467 e. The van der Waals surface area contributed by atoms with Crippen molar-refractivity contribution in [1.29, 1.82) is 0 Å². The molecule has 0 unspecified atom stereocenters. The summed E-state index contributed by atoms with van der Waals surface area (Å²) < 4.78 is 27.3.